The molecule has 5 heteroatoms. The van der Waals surface area contributed by atoms with E-state index in [9.17, 15) is 4.39 Å². The lowest BCUT2D eigenvalue weighted by Crippen LogP contribution is -2.03. The number of aromatic nitrogens is 2. The molecule has 0 saturated heterocycles. The van der Waals surface area contributed by atoms with Crippen molar-refractivity contribution in [1.29, 1.82) is 5.26 Å². The first-order chi connectivity index (χ1) is 9.60. The third-order valence-electron chi connectivity index (χ3n) is 3.15. The van der Waals surface area contributed by atoms with Crippen LogP contribution in [0.2, 0.25) is 0 Å². The lowest BCUT2D eigenvalue weighted by Gasteiger charge is -2.08. The Bertz CT molecular complexity index is 858. The first kappa shape index (κ1) is 12.2. The summed E-state index contributed by atoms with van der Waals surface area (Å²) in [5, 5.41) is 8.97. The van der Waals surface area contributed by atoms with Gasteiger partial charge in [-0.1, -0.05) is 6.07 Å². The van der Waals surface area contributed by atoms with Gasteiger partial charge in [0.25, 0.3) is 0 Å². The van der Waals surface area contributed by atoms with E-state index in [-0.39, 0.29) is 11.8 Å². The molecule has 2 N–H and O–H groups in total. The number of anilines is 1. The van der Waals surface area contributed by atoms with Gasteiger partial charge in [-0.2, -0.15) is 5.26 Å². The minimum Gasteiger partial charge on any atom is -0.369 e. The van der Waals surface area contributed by atoms with E-state index in [1.54, 1.807) is 30.3 Å². The van der Waals surface area contributed by atoms with Crippen LogP contribution in [0.5, 0.6) is 0 Å². The number of nitrogens with zero attached hydrogens (tertiary/aromatic N) is 3. The maximum absolute atomic E-state index is 14.1. The highest BCUT2D eigenvalue weighted by molar-refractivity contribution is 5.82. The molecule has 0 radical (unpaired) electrons. The van der Waals surface area contributed by atoms with Crippen LogP contribution < -0.4 is 5.73 Å². The number of nitrogens with two attached hydrogens (primary N) is 1. The molecule has 3 aromatic rings. The number of hydrogen-bond acceptors (Lipinski definition) is 3. The molecule has 0 spiro atoms. The molecule has 0 aliphatic rings. The molecule has 0 fully saturated rings. The van der Waals surface area contributed by atoms with Crippen molar-refractivity contribution in [3.05, 3.63) is 53.3 Å². The Kier molecular flexibility index (Phi) is 2.65. The van der Waals surface area contributed by atoms with Gasteiger partial charge < -0.3 is 5.73 Å². The number of nitrogen functional groups attached to an aromatic ring is 1. The van der Waals surface area contributed by atoms with Crippen molar-refractivity contribution in [1.82, 2.24) is 9.55 Å². The summed E-state index contributed by atoms with van der Waals surface area (Å²) in [7, 11) is 0. The van der Waals surface area contributed by atoms with E-state index in [2.05, 4.69) is 11.1 Å². The van der Waals surface area contributed by atoms with Crippen LogP contribution in [0, 0.1) is 24.1 Å². The fourth-order valence-electron chi connectivity index (χ4n) is 2.21. The molecule has 0 saturated carbocycles. The number of imidazole rings is 1. The zero-order valence-electron chi connectivity index (χ0n) is 10.8. The van der Waals surface area contributed by atoms with Gasteiger partial charge in [0, 0.05) is 0 Å². The fraction of sp³-hybridized carbons (Fsp3) is 0.0667. The highest BCUT2D eigenvalue weighted by Crippen LogP contribution is 2.26. The number of nitriles is 1. The topological polar surface area (TPSA) is 67.6 Å². The molecule has 4 nitrogen and oxygen atoms in total. The molecule has 2 aromatic carbocycles. The van der Waals surface area contributed by atoms with E-state index in [0.717, 1.165) is 5.56 Å². The van der Waals surface area contributed by atoms with Gasteiger partial charge in [-0.05, 0) is 42.8 Å². The number of hydrogen-bond donors (Lipinski definition) is 1. The van der Waals surface area contributed by atoms with Gasteiger partial charge in [0.05, 0.1) is 28.4 Å². The molecule has 3 rings (SSSR count). The lowest BCUT2D eigenvalue weighted by molar-refractivity contribution is 0.619. The molecular formula is C15H11FN4. The average molecular weight is 266 g/mol. The van der Waals surface area contributed by atoms with Crippen LogP contribution in [-0.2, 0) is 0 Å². The molecule has 0 atom stereocenters. The maximum atomic E-state index is 14.1. The van der Waals surface area contributed by atoms with Crippen molar-refractivity contribution >= 4 is 17.0 Å². The third-order valence-corrected chi connectivity index (χ3v) is 3.15. The summed E-state index contributed by atoms with van der Waals surface area (Å²) in [6.07, 6.45) is 0. The number of fused-ring (bicyclic) bond motifs is 1. The van der Waals surface area contributed by atoms with Crippen LogP contribution in [0.25, 0.3) is 16.7 Å². The summed E-state index contributed by atoms with van der Waals surface area (Å²) in [5.74, 6) is -0.184. The standard InChI is InChI=1S/C15H11FN4/c1-9-2-5-13(11(16)6-9)20-14-7-10(8-17)3-4-12(14)19-15(20)18/h2-7H,1H3,(H2,18,19). The van der Waals surface area contributed by atoms with Crippen molar-refractivity contribution in [2.45, 2.75) is 6.92 Å². The van der Waals surface area contributed by atoms with Gasteiger partial charge in [-0.15, -0.1) is 0 Å². The second-order valence-corrected chi connectivity index (χ2v) is 4.58. The maximum Gasteiger partial charge on any atom is 0.206 e. The summed E-state index contributed by atoms with van der Waals surface area (Å²) in [5.41, 5.74) is 8.76. The number of benzene rings is 2. The second kappa shape index (κ2) is 4.35. The molecule has 0 bridgehead atoms. The summed E-state index contributed by atoms with van der Waals surface area (Å²) in [6, 6.07) is 12.0. The molecule has 1 aromatic heterocycles. The fourth-order valence-corrected chi connectivity index (χ4v) is 2.21. The first-order valence-corrected chi connectivity index (χ1v) is 6.05. The third kappa shape index (κ3) is 1.79. The van der Waals surface area contributed by atoms with Crippen LogP contribution >= 0.6 is 0 Å². The predicted molar refractivity (Wildman–Crippen MR) is 74.9 cm³/mol. The molecular weight excluding hydrogens is 255 g/mol. The molecule has 98 valence electrons. The van der Waals surface area contributed by atoms with Crippen molar-refractivity contribution < 1.29 is 4.39 Å². The van der Waals surface area contributed by atoms with Gasteiger partial charge in [-0.25, -0.2) is 9.37 Å². The van der Waals surface area contributed by atoms with Crippen LogP contribution in [0.15, 0.2) is 36.4 Å². The summed E-state index contributed by atoms with van der Waals surface area (Å²) >= 11 is 0. The van der Waals surface area contributed by atoms with Crippen LogP contribution in [0.4, 0.5) is 10.3 Å². The Morgan fingerprint density at radius 2 is 2.05 bits per heavy atom. The van der Waals surface area contributed by atoms with Crippen molar-refractivity contribution in [3.8, 4) is 11.8 Å². The van der Waals surface area contributed by atoms with Crippen LogP contribution in [0.3, 0.4) is 0 Å². The summed E-state index contributed by atoms with van der Waals surface area (Å²) in [6.45, 7) is 1.82. The number of rotatable bonds is 1. The molecule has 0 aliphatic heterocycles. The monoisotopic (exact) mass is 266 g/mol. The second-order valence-electron chi connectivity index (χ2n) is 4.58. The zero-order chi connectivity index (χ0) is 14.3. The Morgan fingerprint density at radius 3 is 2.75 bits per heavy atom. The predicted octanol–water partition coefficient (Wildman–Crippen LogP) is 2.93. The highest BCUT2D eigenvalue weighted by Gasteiger charge is 2.14. The molecule has 20 heavy (non-hydrogen) atoms. The van der Waals surface area contributed by atoms with Crippen molar-refractivity contribution in [2.75, 3.05) is 5.73 Å². The summed E-state index contributed by atoms with van der Waals surface area (Å²) in [4.78, 5) is 4.19. The number of aryl methyl sites for hydroxylation is 1. The highest BCUT2D eigenvalue weighted by atomic mass is 19.1. The van der Waals surface area contributed by atoms with Crippen LogP contribution in [0.1, 0.15) is 11.1 Å². The minimum absolute atomic E-state index is 0.192. The lowest BCUT2D eigenvalue weighted by atomic mass is 10.2. The smallest absolute Gasteiger partial charge is 0.206 e. The van der Waals surface area contributed by atoms with E-state index in [4.69, 9.17) is 11.0 Å². The summed E-state index contributed by atoms with van der Waals surface area (Å²) < 4.78 is 15.7. The largest absolute Gasteiger partial charge is 0.369 e. The Morgan fingerprint density at radius 1 is 1.25 bits per heavy atom. The van der Waals surface area contributed by atoms with Gasteiger partial charge >= 0.3 is 0 Å². The van der Waals surface area contributed by atoms with E-state index in [0.29, 0.717) is 22.3 Å². The first-order valence-electron chi connectivity index (χ1n) is 6.05. The van der Waals surface area contributed by atoms with Gasteiger partial charge in [-0.3, -0.25) is 4.57 Å². The normalized spacial score (nSPS) is 10.7. The van der Waals surface area contributed by atoms with E-state index in [1.165, 1.54) is 10.6 Å². The van der Waals surface area contributed by atoms with E-state index < -0.39 is 0 Å². The molecule has 0 aliphatic carbocycles. The SMILES string of the molecule is Cc1ccc(-n2c(N)nc3ccc(C#N)cc32)c(F)c1. The van der Waals surface area contributed by atoms with E-state index in [1.807, 2.05) is 6.92 Å². The van der Waals surface area contributed by atoms with Gasteiger partial charge in [0.15, 0.2) is 0 Å². The Hall–Kier alpha value is -2.87. The molecule has 1 heterocycles. The van der Waals surface area contributed by atoms with Gasteiger partial charge in [0.2, 0.25) is 5.95 Å². The quantitative estimate of drug-likeness (QED) is 0.736. The van der Waals surface area contributed by atoms with Crippen molar-refractivity contribution in [2.24, 2.45) is 0 Å². The van der Waals surface area contributed by atoms with E-state index >= 15 is 0 Å². The average Bonchev–Trinajstić information content (AvgIpc) is 2.74. The van der Waals surface area contributed by atoms with Crippen molar-refractivity contribution in [3.63, 3.8) is 0 Å². The minimum atomic E-state index is -0.377. The van der Waals surface area contributed by atoms with Gasteiger partial charge in [0.1, 0.15) is 5.82 Å². The number of halogens is 1. The zero-order valence-corrected chi connectivity index (χ0v) is 10.8. The Balaban J connectivity index is 2.35. The molecule has 0 unspecified atom stereocenters. The van der Waals surface area contributed by atoms with Crippen LogP contribution in [-0.4, -0.2) is 9.55 Å². The Labute approximate surface area is 114 Å². The molecule has 0 amide bonds.